The van der Waals surface area contributed by atoms with Crippen LogP contribution in [-0.2, 0) is 16.0 Å². The summed E-state index contributed by atoms with van der Waals surface area (Å²) in [6.07, 6.45) is 1.36. The number of carboxylic acid groups (broad SMARTS) is 1. The summed E-state index contributed by atoms with van der Waals surface area (Å²) < 4.78 is 5.06. The van der Waals surface area contributed by atoms with Gasteiger partial charge in [0.2, 0.25) is 5.91 Å². The molecule has 0 aliphatic heterocycles. The fourth-order valence-corrected chi connectivity index (χ4v) is 2.45. The topological polar surface area (TPSA) is 122 Å². The number of aromatic nitrogens is 1. The van der Waals surface area contributed by atoms with E-state index in [-0.39, 0.29) is 12.3 Å². The molecule has 1 unspecified atom stereocenters. The van der Waals surface area contributed by atoms with Crippen molar-refractivity contribution < 1.29 is 23.9 Å². The molecule has 23 heavy (non-hydrogen) atoms. The molecule has 0 fully saturated rings. The Morgan fingerprint density at radius 2 is 2.17 bits per heavy atom. The van der Waals surface area contributed by atoms with Crippen LogP contribution in [0.4, 0.5) is 5.13 Å². The zero-order valence-corrected chi connectivity index (χ0v) is 13.3. The Kier molecular flexibility index (Phi) is 5.12. The molecule has 0 aromatic carbocycles. The predicted octanol–water partition coefficient (Wildman–Crippen LogP) is 1.43. The molecule has 2 amide bonds. The summed E-state index contributed by atoms with van der Waals surface area (Å²) in [7, 11) is 0. The molecular weight excluding hydrogens is 322 g/mol. The number of carbonyl (C=O) groups is 3. The maximum Gasteiger partial charge on any atom is 0.325 e. The smallest absolute Gasteiger partial charge is 0.325 e. The first kappa shape index (κ1) is 16.7. The first-order chi connectivity index (χ1) is 10.9. The highest BCUT2D eigenvalue weighted by molar-refractivity contribution is 7.14. The van der Waals surface area contributed by atoms with E-state index in [2.05, 4.69) is 15.6 Å². The average Bonchev–Trinajstić information content (AvgIpc) is 3.07. The lowest BCUT2D eigenvalue weighted by Crippen LogP contribution is -2.39. The van der Waals surface area contributed by atoms with E-state index >= 15 is 0 Å². The minimum Gasteiger partial charge on any atom is -0.480 e. The molecule has 0 saturated heterocycles. The predicted molar refractivity (Wildman–Crippen MR) is 82.5 cm³/mol. The zero-order valence-electron chi connectivity index (χ0n) is 12.5. The van der Waals surface area contributed by atoms with Gasteiger partial charge in [0.15, 0.2) is 5.13 Å². The van der Waals surface area contributed by atoms with Crippen LogP contribution in [0.1, 0.15) is 28.7 Å². The normalized spacial score (nSPS) is 11.7. The minimum absolute atomic E-state index is 0.0608. The van der Waals surface area contributed by atoms with Gasteiger partial charge < -0.3 is 14.8 Å². The summed E-state index contributed by atoms with van der Waals surface area (Å²) in [5.74, 6) is -1.41. The molecule has 0 spiro atoms. The second kappa shape index (κ2) is 7.05. The summed E-state index contributed by atoms with van der Waals surface area (Å²) in [5, 5.41) is 15.7. The number of nitrogens with zero attached hydrogens (tertiary/aromatic N) is 1. The highest BCUT2D eigenvalue weighted by Crippen LogP contribution is 2.18. The Labute approximate surface area is 135 Å². The van der Waals surface area contributed by atoms with Gasteiger partial charge in [-0.2, -0.15) is 0 Å². The number of rotatable bonds is 6. The van der Waals surface area contributed by atoms with E-state index in [4.69, 9.17) is 9.52 Å². The van der Waals surface area contributed by atoms with Crippen molar-refractivity contribution >= 4 is 34.3 Å². The van der Waals surface area contributed by atoms with Crippen LogP contribution < -0.4 is 10.6 Å². The van der Waals surface area contributed by atoms with Crippen LogP contribution in [0.3, 0.4) is 0 Å². The number of amides is 2. The molecule has 2 aromatic heterocycles. The second-order valence-electron chi connectivity index (χ2n) is 4.79. The molecule has 0 aliphatic rings. The van der Waals surface area contributed by atoms with E-state index in [1.54, 1.807) is 18.4 Å². The second-order valence-corrected chi connectivity index (χ2v) is 5.65. The first-order valence-corrected chi connectivity index (χ1v) is 7.56. The lowest BCUT2D eigenvalue weighted by Gasteiger charge is -2.07. The molecule has 8 nitrogen and oxygen atoms in total. The van der Waals surface area contributed by atoms with Gasteiger partial charge in [0.1, 0.15) is 11.8 Å². The highest BCUT2D eigenvalue weighted by atomic mass is 32.1. The van der Waals surface area contributed by atoms with Crippen LogP contribution in [0.2, 0.25) is 0 Å². The van der Waals surface area contributed by atoms with Gasteiger partial charge in [-0.15, -0.1) is 11.3 Å². The van der Waals surface area contributed by atoms with Crippen LogP contribution >= 0.6 is 11.3 Å². The maximum absolute atomic E-state index is 12.0. The number of hydrogen-bond acceptors (Lipinski definition) is 6. The summed E-state index contributed by atoms with van der Waals surface area (Å²) in [5.41, 5.74) is 0.860. The van der Waals surface area contributed by atoms with Crippen LogP contribution in [0.5, 0.6) is 0 Å². The van der Waals surface area contributed by atoms with Gasteiger partial charge in [0.05, 0.1) is 23.9 Å². The fourth-order valence-electron chi connectivity index (χ4n) is 1.75. The Balaban J connectivity index is 1.93. The Morgan fingerprint density at radius 1 is 1.43 bits per heavy atom. The third kappa shape index (κ3) is 4.39. The van der Waals surface area contributed by atoms with Crippen molar-refractivity contribution in [3.8, 4) is 0 Å². The van der Waals surface area contributed by atoms with Gasteiger partial charge in [0, 0.05) is 5.38 Å². The molecule has 0 aliphatic carbocycles. The van der Waals surface area contributed by atoms with Gasteiger partial charge in [-0.25, -0.2) is 4.98 Å². The van der Waals surface area contributed by atoms with Crippen molar-refractivity contribution in [3.63, 3.8) is 0 Å². The molecule has 0 saturated carbocycles. The standard InChI is InChI=1S/C14H15N3O5S/c1-7(13(20)21)15-11(18)5-9-6-23-14(16-9)17-12(19)10-3-4-22-8(10)2/h3-4,6-7H,5H2,1-2H3,(H,15,18)(H,20,21)(H,16,17,19). The van der Waals surface area contributed by atoms with E-state index in [0.717, 1.165) is 0 Å². The highest BCUT2D eigenvalue weighted by Gasteiger charge is 2.17. The number of anilines is 1. The molecule has 3 N–H and O–H groups in total. The van der Waals surface area contributed by atoms with Crippen molar-refractivity contribution in [2.45, 2.75) is 26.3 Å². The Bertz CT molecular complexity index is 736. The largest absolute Gasteiger partial charge is 0.480 e. The van der Waals surface area contributed by atoms with Crippen LogP contribution in [0, 0.1) is 6.92 Å². The molecule has 2 rings (SSSR count). The lowest BCUT2D eigenvalue weighted by atomic mass is 10.2. The van der Waals surface area contributed by atoms with E-state index in [0.29, 0.717) is 22.1 Å². The van der Waals surface area contributed by atoms with Gasteiger partial charge >= 0.3 is 5.97 Å². The summed E-state index contributed by atoms with van der Waals surface area (Å²) in [6.45, 7) is 3.05. The maximum atomic E-state index is 12.0. The van der Waals surface area contributed by atoms with Gasteiger partial charge in [-0.1, -0.05) is 0 Å². The van der Waals surface area contributed by atoms with E-state index in [1.807, 2.05) is 0 Å². The van der Waals surface area contributed by atoms with Crippen molar-refractivity contribution in [2.75, 3.05) is 5.32 Å². The number of carboxylic acids is 1. The van der Waals surface area contributed by atoms with Crippen molar-refractivity contribution in [2.24, 2.45) is 0 Å². The SMILES string of the molecule is Cc1occc1C(=O)Nc1nc(CC(=O)NC(C)C(=O)O)cs1. The molecule has 1 atom stereocenters. The number of thiazole rings is 1. The Morgan fingerprint density at radius 3 is 2.78 bits per heavy atom. The van der Waals surface area contributed by atoms with E-state index in [9.17, 15) is 14.4 Å². The summed E-state index contributed by atoms with van der Waals surface area (Å²) in [6, 6.07) is 0.587. The number of hydrogen-bond donors (Lipinski definition) is 3. The van der Waals surface area contributed by atoms with Crippen molar-refractivity contribution in [1.29, 1.82) is 0 Å². The molecule has 0 radical (unpaired) electrons. The molecule has 2 heterocycles. The number of carbonyl (C=O) groups excluding carboxylic acids is 2. The van der Waals surface area contributed by atoms with Gasteiger partial charge in [-0.05, 0) is 19.9 Å². The Hall–Kier alpha value is -2.68. The number of furan rings is 1. The fraction of sp³-hybridized carbons (Fsp3) is 0.286. The number of aryl methyl sites for hydroxylation is 1. The molecule has 0 bridgehead atoms. The van der Waals surface area contributed by atoms with E-state index in [1.165, 1.54) is 24.5 Å². The monoisotopic (exact) mass is 337 g/mol. The third-order valence-electron chi connectivity index (χ3n) is 2.97. The van der Waals surface area contributed by atoms with Gasteiger partial charge in [-0.3, -0.25) is 19.7 Å². The lowest BCUT2D eigenvalue weighted by molar-refractivity contribution is -0.141. The van der Waals surface area contributed by atoms with E-state index < -0.39 is 17.9 Å². The third-order valence-corrected chi connectivity index (χ3v) is 3.77. The van der Waals surface area contributed by atoms with Crippen LogP contribution in [-0.4, -0.2) is 33.9 Å². The minimum atomic E-state index is -1.11. The van der Waals surface area contributed by atoms with Crippen LogP contribution in [0.15, 0.2) is 22.1 Å². The molecule has 2 aromatic rings. The number of aliphatic carboxylic acids is 1. The first-order valence-electron chi connectivity index (χ1n) is 6.69. The molecular formula is C14H15N3O5S. The van der Waals surface area contributed by atoms with Crippen molar-refractivity contribution in [3.05, 3.63) is 34.7 Å². The van der Waals surface area contributed by atoms with Crippen molar-refractivity contribution in [1.82, 2.24) is 10.3 Å². The number of nitrogens with one attached hydrogen (secondary N) is 2. The quantitative estimate of drug-likeness (QED) is 0.733. The zero-order chi connectivity index (χ0) is 17.0. The molecule has 122 valence electrons. The summed E-state index contributed by atoms with van der Waals surface area (Å²) >= 11 is 1.18. The average molecular weight is 337 g/mol. The van der Waals surface area contributed by atoms with Gasteiger partial charge in [0.25, 0.3) is 5.91 Å². The molecule has 9 heteroatoms. The summed E-state index contributed by atoms with van der Waals surface area (Å²) in [4.78, 5) is 38.5. The van der Waals surface area contributed by atoms with Crippen LogP contribution in [0.25, 0.3) is 0 Å².